The lowest BCUT2D eigenvalue weighted by Gasteiger charge is -2.31. The molecule has 0 spiro atoms. The van der Waals surface area contributed by atoms with Crippen molar-refractivity contribution in [2.24, 2.45) is 0 Å². The molecule has 1 fully saturated rings. The molecule has 2 aromatic rings. The summed E-state index contributed by atoms with van der Waals surface area (Å²) in [5.41, 5.74) is 1.80. The van der Waals surface area contributed by atoms with Gasteiger partial charge in [-0.05, 0) is 62.4 Å². The van der Waals surface area contributed by atoms with Gasteiger partial charge in [0, 0.05) is 19.7 Å². The number of sulfonamides is 1. The van der Waals surface area contributed by atoms with E-state index in [0.29, 0.717) is 19.4 Å². The molecule has 1 heterocycles. The zero-order valence-electron chi connectivity index (χ0n) is 19.4. The fraction of sp³-hybridized carbons (Fsp3) is 0.458. The van der Waals surface area contributed by atoms with Crippen molar-refractivity contribution in [1.29, 1.82) is 0 Å². The van der Waals surface area contributed by atoms with Crippen molar-refractivity contribution in [3.8, 4) is 11.1 Å². The van der Waals surface area contributed by atoms with E-state index >= 15 is 0 Å². The molecule has 0 bridgehead atoms. The molecule has 2 atom stereocenters. The number of carbonyl (C=O) groups excluding carboxylic acids is 1. The van der Waals surface area contributed by atoms with Gasteiger partial charge in [-0.15, -0.1) is 0 Å². The van der Waals surface area contributed by atoms with Gasteiger partial charge in [-0.1, -0.05) is 36.4 Å². The molecular formula is C24H31FN2O5S. The van der Waals surface area contributed by atoms with Gasteiger partial charge >= 0.3 is 6.09 Å². The number of ether oxygens (including phenoxy) is 2. The van der Waals surface area contributed by atoms with E-state index in [9.17, 15) is 17.6 Å². The average Bonchev–Trinajstić information content (AvgIpc) is 3.08. The molecule has 0 radical (unpaired) electrons. The molecule has 0 aliphatic carbocycles. The minimum Gasteiger partial charge on any atom is -0.444 e. The highest BCUT2D eigenvalue weighted by atomic mass is 32.2. The van der Waals surface area contributed by atoms with E-state index in [0.717, 1.165) is 16.7 Å². The van der Waals surface area contributed by atoms with Crippen molar-refractivity contribution >= 4 is 16.1 Å². The summed E-state index contributed by atoms with van der Waals surface area (Å²) >= 11 is 0. The van der Waals surface area contributed by atoms with Gasteiger partial charge in [0.1, 0.15) is 11.4 Å². The SMILES string of the molecule is COCS(=O)(=O)N[C@H]1CCN(C(=O)OC(C)(C)C)[C@H]1Cc1cccc(-c2cccc(F)c2)c1. The topological polar surface area (TPSA) is 84.9 Å². The lowest BCUT2D eigenvalue weighted by atomic mass is 9.97. The quantitative estimate of drug-likeness (QED) is 0.652. The first-order chi connectivity index (χ1) is 15.5. The summed E-state index contributed by atoms with van der Waals surface area (Å²) < 4.78 is 51.4. The standard InChI is InChI=1S/C24H31FN2O5S/c1-24(2,3)32-23(28)27-12-11-21(26-33(29,30)16-31-4)22(27)14-17-7-5-8-18(13-17)19-9-6-10-20(25)15-19/h5-10,13,15,21-22,26H,11-12,14,16H2,1-4H3/t21-,22-/m0/s1. The van der Waals surface area contributed by atoms with E-state index in [1.54, 1.807) is 31.7 Å². The Morgan fingerprint density at radius 3 is 2.45 bits per heavy atom. The lowest BCUT2D eigenvalue weighted by molar-refractivity contribution is 0.0218. The van der Waals surface area contributed by atoms with Gasteiger partial charge in [-0.25, -0.2) is 22.3 Å². The monoisotopic (exact) mass is 478 g/mol. The van der Waals surface area contributed by atoms with E-state index in [2.05, 4.69) is 4.72 Å². The second kappa shape index (κ2) is 10.2. The smallest absolute Gasteiger partial charge is 0.410 e. The molecule has 1 aliphatic heterocycles. The normalized spacial score (nSPS) is 19.0. The first-order valence-electron chi connectivity index (χ1n) is 10.8. The van der Waals surface area contributed by atoms with Gasteiger partial charge in [-0.2, -0.15) is 0 Å². The van der Waals surface area contributed by atoms with Crippen LogP contribution in [0.15, 0.2) is 48.5 Å². The number of benzene rings is 2. The van der Waals surface area contributed by atoms with Gasteiger partial charge in [0.25, 0.3) is 0 Å². The van der Waals surface area contributed by atoms with Crippen molar-refractivity contribution in [2.75, 3.05) is 19.6 Å². The summed E-state index contributed by atoms with van der Waals surface area (Å²) in [6.07, 6.45) is 0.376. The second-order valence-electron chi connectivity index (χ2n) is 9.19. The van der Waals surface area contributed by atoms with Crippen molar-refractivity contribution in [3.05, 3.63) is 59.9 Å². The highest BCUT2D eigenvalue weighted by molar-refractivity contribution is 7.89. The summed E-state index contributed by atoms with van der Waals surface area (Å²) in [6, 6.07) is 13.0. The molecule has 0 unspecified atom stereocenters. The molecule has 1 saturated heterocycles. The zero-order chi connectivity index (χ0) is 24.2. The van der Waals surface area contributed by atoms with Crippen molar-refractivity contribution in [2.45, 2.75) is 51.3 Å². The van der Waals surface area contributed by atoms with Gasteiger partial charge in [0.15, 0.2) is 5.94 Å². The Bertz CT molecular complexity index is 1080. The Labute approximate surface area is 194 Å². The van der Waals surface area contributed by atoms with Crippen LogP contribution in [-0.4, -0.2) is 56.7 Å². The third-order valence-corrected chi connectivity index (χ3v) is 6.52. The molecule has 1 aliphatic rings. The van der Waals surface area contributed by atoms with Crippen LogP contribution in [0.4, 0.5) is 9.18 Å². The predicted octanol–water partition coefficient (Wildman–Crippen LogP) is 3.94. The van der Waals surface area contributed by atoms with E-state index in [1.807, 2.05) is 30.3 Å². The molecule has 2 aromatic carbocycles. The van der Waals surface area contributed by atoms with Crippen LogP contribution in [0.5, 0.6) is 0 Å². The highest BCUT2D eigenvalue weighted by Gasteiger charge is 2.40. The number of methoxy groups -OCH3 is 1. The van der Waals surface area contributed by atoms with Crippen LogP contribution < -0.4 is 4.72 Å². The fourth-order valence-electron chi connectivity index (χ4n) is 4.00. The zero-order valence-corrected chi connectivity index (χ0v) is 20.2. The number of hydrogen-bond acceptors (Lipinski definition) is 5. The molecule has 1 N–H and O–H groups in total. The van der Waals surface area contributed by atoms with E-state index < -0.39 is 39.7 Å². The molecule has 0 aromatic heterocycles. The third-order valence-electron chi connectivity index (χ3n) is 5.31. The van der Waals surface area contributed by atoms with Crippen LogP contribution in [0, 0.1) is 5.82 Å². The van der Waals surface area contributed by atoms with Crippen molar-refractivity contribution in [3.63, 3.8) is 0 Å². The Morgan fingerprint density at radius 1 is 1.15 bits per heavy atom. The number of rotatable bonds is 7. The lowest BCUT2D eigenvalue weighted by Crippen LogP contribution is -2.49. The summed E-state index contributed by atoms with van der Waals surface area (Å²) in [5, 5.41) is 0. The fourth-order valence-corrected chi connectivity index (χ4v) is 5.11. The molecule has 33 heavy (non-hydrogen) atoms. The Balaban J connectivity index is 1.88. The largest absolute Gasteiger partial charge is 0.444 e. The number of amides is 1. The van der Waals surface area contributed by atoms with Crippen LogP contribution in [-0.2, 0) is 25.9 Å². The maximum absolute atomic E-state index is 13.7. The van der Waals surface area contributed by atoms with Crippen molar-refractivity contribution in [1.82, 2.24) is 9.62 Å². The first kappa shape index (κ1) is 25.1. The Kier molecular flexibility index (Phi) is 7.76. The number of carbonyl (C=O) groups is 1. The van der Waals surface area contributed by atoms with Crippen LogP contribution >= 0.6 is 0 Å². The van der Waals surface area contributed by atoms with E-state index in [-0.39, 0.29) is 5.82 Å². The highest BCUT2D eigenvalue weighted by Crippen LogP contribution is 2.27. The summed E-state index contributed by atoms with van der Waals surface area (Å²) in [7, 11) is -2.36. The predicted molar refractivity (Wildman–Crippen MR) is 125 cm³/mol. The molecule has 7 nitrogen and oxygen atoms in total. The Morgan fingerprint density at radius 2 is 1.82 bits per heavy atom. The van der Waals surface area contributed by atoms with Crippen LogP contribution in [0.25, 0.3) is 11.1 Å². The van der Waals surface area contributed by atoms with Crippen LogP contribution in [0.1, 0.15) is 32.8 Å². The van der Waals surface area contributed by atoms with Gasteiger partial charge in [-0.3, -0.25) is 0 Å². The van der Waals surface area contributed by atoms with Gasteiger partial charge in [0.2, 0.25) is 10.0 Å². The number of hydrogen-bond donors (Lipinski definition) is 1. The minimum absolute atomic E-state index is 0.322. The maximum Gasteiger partial charge on any atom is 0.410 e. The number of nitrogens with zero attached hydrogens (tertiary/aromatic N) is 1. The third kappa shape index (κ3) is 6.99. The summed E-state index contributed by atoms with van der Waals surface area (Å²) in [6.45, 7) is 5.73. The maximum atomic E-state index is 13.7. The number of halogens is 1. The van der Waals surface area contributed by atoms with Crippen LogP contribution in [0.3, 0.4) is 0 Å². The minimum atomic E-state index is -3.67. The average molecular weight is 479 g/mol. The van der Waals surface area contributed by atoms with Crippen molar-refractivity contribution < 1.29 is 27.1 Å². The number of nitrogens with one attached hydrogen (secondary N) is 1. The molecule has 1 amide bonds. The second-order valence-corrected chi connectivity index (χ2v) is 10.9. The molecule has 180 valence electrons. The van der Waals surface area contributed by atoms with Crippen LogP contribution in [0.2, 0.25) is 0 Å². The van der Waals surface area contributed by atoms with E-state index in [1.165, 1.54) is 19.2 Å². The first-order valence-corrected chi connectivity index (χ1v) is 12.5. The molecular weight excluding hydrogens is 447 g/mol. The number of likely N-dealkylation sites (tertiary alicyclic amines) is 1. The van der Waals surface area contributed by atoms with Gasteiger partial charge in [0.05, 0.1) is 6.04 Å². The molecule has 3 rings (SSSR count). The van der Waals surface area contributed by atoms with E-state index in [4.69, 9.17) is 9.47 Å². The Hall–Kier alpha value is -2.49. The molecule has 9 heteroatoms. The molecule has 0 saturated carbocycles. The van der Waals surface area contributed by atoms with Gasteiger partial charge < -0.3 is 14.4 Å². The summed E-state index contributed by atoms with van der Waals surface area (Å²) in [5.74, 6) is -0.782. The summed E-state index contributed by atoms with van der Waals surface area (Å²) in [4.78, 5) is 14.5.